The lowest BCUT2D eigenvalue weighted by Gasteiger charge is -2.35. The molecule has 0 bridgehead atoms. The first-order valence-corrected chi connectivity index (χ1v) is 9.04. The molecule has 1 amide bonds. The van der Waals surface area contributed by atoms with Gasteiger partial charge in [-0.2, -0.15) is 0 Å². The summed E-state index contributed by atoms with van der Waals surface area (Å²) < 4.78 is 23.7. The van der Waals surface area contributed by atoms with Gasteiger partial charge >= 0.3 is 0 Å². The SMILES string of the molecule is COc1ccc(OC)c(CN2CCN(C(=O)Cc3ccc(F)cc3)CC2)c1. The summed E-state index contributed by atoms with van der Waals surface area (Å²) >= 11 is 0. The standard InChI is InChI=1S/C21H25FN2O3/c1-26-19-7-8-20(27-2)17(14-19)15-23-9-11-24(12-10-23)21(25)13-16-3-5-18(22)6-4-16/h3-8,14H,9-13,15H2,1-2H3. The molecule has 3 rings (SSSR count). The molecule has 0 radical (unpaired) electrons. The number of rotatable bonds is 6. The van der Waals surface area contributed by atoms with E-state index < -0.39 is 0 Å². The van der Waals surface area contributed by atoms with Crippen molar-refractivity contribution in [2.24, 2.45) is 0 Å². The summed E-state index contributed by atoms with van der Waals surface area (Å²) in [6.07, 6.45) is 0.310. The monoisotopic (exact) mass is 372 g/mol. The molecule has 1 aliphatic rings. The van der Waals surface area contributed by atoms with E-state index in [0.717, 1.165) is 42.3 Å². The van der Waals surface area contributed by atoms with Gasteiger partial charge in [0.05, 0.1) is 20.6 Å². The second-order valence-electron chi connectivity index (χ2n) is 6.64. The van der Waals surface area contributed by atoms with Crippen LogP contribution in [0.3, 0.4) is 0 Å². The Kier molecular flexibility index (Phi) is 6.29. The van der Waals surface area contributed by atoms with Crippen molar-refractivity contribution < 1.29 is 18.7 Å². The first-order valence-electron chi connectivity index (χ1n) is 9.04. The van der Waals surface area contributed by atoms with Crippen molar-refractivity contribution in [3.8, 4) is 11.5 Å². The van der Waals surface area contributed by atoms with Gasteiger partial charge in [0.25, 0.3) is 0 Å². The molecular weight excluding hydrogens is 347 g/mol. The zero-order valence-corrected chi connectivity index (χ0v) is 15.8. The number of carbonyl (C=O) groups excluding carboxylic acids is 1. The van der Waals surface area contributed by atoms with E-state index >= 15 is 0 Å². The molecule has 1 saturated heterocycles. The highest BCUT2D eigenvalue weighted by Gasteiger charge is 2.22. The third-order valence-electron chi connectivity index (χ3n) is 4.88. The van der Waals surface area contributed by atoms with Gasteiger partial charge in [0.15, 0.2) is 0 Å². The second-order valence-corrected chi connectivity index (χ2v) is 6.64. The number of carbonyl (C=O) groups is 1. The van der Waals surface area contributed by atoms with Crippen LogP contribution in [0.2, 0.25) is 0 Å². The van der Waals surface area contributed by atoms with E-state index in [1.165, 1.54) is 12.1 Å². The molecule has 0 saturated carbocycles. The van der Waals surface area contributed by atoms with Crippen molar-refractivity contribution in [2.45, 2.75) is 13.0 Å². The molecular formula is C21H25FN2O3. The molecule has 27 heavy (non-hydrogen) atoms. The molecule has 144 valence electrons. The van der Waals surface area contributed by atoms with Gasteiger partial charge in [-0.05, 0) is 35.9 Å². The Hall–Kier alpha value is -2.60. The highest BCUT2D eigenvalue weighted by atomic mass is 19.1. The van der Waals surface area contributed by atoms with Crippen LogP contribution in [-0.4, -0.2) is 56.1 Å². The minimum absolute atomic E-state index is 0.0835. The maximum absolute atomic E-state index is 13.0. The third-order valence-corrected chi connectivity index (χ3v) is 4.88. The predicted octanol–water partition coefficient (Wildman–Crippen LogP) is 2.73. The molecule has 0 N–H and O–H groups in total. The number of piperazine rings is 1. The topological polar surface area (TPSA) is 42.0 Å². The van der Waals surface area contributed by atoms with Crippen molar-refractivity contribution in [1.29, 1.82) is 0 Å². The van der Waals surface area contributed by atoms with Gasteiger partial charge in [-0.3, -0.25) is 9.69 Å². The van der Waals surface area contributed by atoms with Crippen LogP contribution in [0.4, 0.5) is 4.39 Å². The summed E-state index contributed by atoms with van der Waals surface area (Å²) in [6, 6.07) is 11.9. The van der Waals surface area contributed by atoms with Gasteiger partial charge in [-0.25, -0.2) is 4.39 Å². The Morgan fingerprint density at radius 1 is 1.00 bits per heavy atom. The van der Waals surface area contributed by atoms with E-state index in [0.29, 0.717) is 19.5 Å². The molecule has 1 aliphatic heterocycles. The number of hydrogen-bond donors (Lipinski definition) is 0. The average Bonchev–Trinajstić information content (AvgIpc) is 2.70. The smallest absolute Gasteiger partial charge is 0.227 e. The van der Waals surface area contributed by atoms with Crippen LogP contribution in [-0.2, 0) is 17.8 Å². The van der Waals surface area contributed by atoms with E-state index in [-0.39, 0.29) is 11.7 Å². The molecule has 0 aliphatic carbocycles. The Morgan fingerprint density at radius 2 is 1.70 bits per heavy atom. The van der Waals surface area contributed by atoms with Crippen LogP contribution >= 0.6 is 0 Å². The lowest BCUT2D eigenvalue weighted by atomic mass is 10.1. The normalized spacial score (nSPS) is 14.9. The average molecular weight is 372 g/mol. The highest BCUT2D eigenvalue weighted by Crippen LogP contribution is 2.25. The minimum Gasteiger partial charge on any atom is -0.497 e. The Morgan fingerprint density at radius 3 is 2.33 bits per heavy atom. The first kappa shape index (κ1) is 19.2. The number of methoxy groups -OCH3 is 2. The van der Waals surface area contributed by atoms with Gasteiger partial charge < -0.3 is 14.4 Å². The van der Waals surface area contributed by atoms with Crippen molar-refractivity contribution in [2.75, 3.05) is 40.4 Å². The van der Waals surface area contributed by atoms with Crippen LogP contribution in [0, 0.1) is 5.82 Å². The fourth-order valence-corrected chi connectivity index (χ4v) is 3.29. The van der Waals surface area contributed by atoms with E-state index in [1.54, 1.807) is 26.4 Å². The number of benzene rings is 2. The summed E-state index contributed by atoms with van der Waals surface area (Å²) in [5, 5.41) is 0. The van der Waals surface area contributed by atoms with Crippen LogP contribution in [0.1, 0.15) is 11.1 Å². The summed E-state index contributed by atoms with van der Waals surface area (Å²) in [5.74, 6) is 1.44. The molecule has 2 aromatic carbocycles. The van der Waals surface area contributed by atoms with E-state index in [4.69, 9.17) is 9.47 Å². The fourth-order valence-electron chi connectivity index (χ4n) is 3.29. The van der Waals surface area contributed by atoms with Gasteiger partial charge in [0.2, 0.25) is 5.91 Å². The van der Waals surface area contributed by atoms with E-state index in [9.17, 15) is 9.18 Å². The molecule has 1 heterocycles. The predicted molar refractivity (Wildman–Crippen MR) is 102 cm³/mol. The zero-order valence-electron chi connectivity index (χ0n) is 15.8. The maximum Gasteiger partial charge on any atom is 0.227 e. The number of nitrogens with zero attached hydrogens (tertiary/aromatic N) is 2. The first-order chi connectivity index (χ1) is 13.1. The minimum atomic E-state index is -0.284. The summed E-state index contributed by atoms with van der Waals surface area (Å²) in [5.41, 5.74) is 1.91. The molecule has 0 spiro atoms. The van der Waals surface area contributed by atoms with Crippen molar-refractivity contribution in [3.63, 3.8) is 0 Å². The van der Waals surface area contributed by atoms with Crippen LogP contribution < -0.4 is 9.47 Å². The largest absolute Gasteiger partial charge is 0.497 e. The summed E-state index contributed by atoms with van der Waals surface area (Å²) in [6.45, 7) is 3.73. The fraction of sp³-hybridized carbons (Fsp3) is 0.381. The highest BCUT2D eigenvalue weighted by molar-refractivity contribution is 5.78. The van der Waals surface area contributed by atoms with E-state index in [2.05, 4.69) is 4.90 Å². The van der Waals surface area contributed by atoms with Gasteiger partial charge in [0.1, 0.15) is 17.3 Å². The second kappa shape index (κ2) is 8.86. The zero-order chi connectivity index (χ0) is 19.2. The van der Waals surface area contributed by atoms with Gasteiger partial charge in [0, 0.05) is 38.3 Å². The molecule has 2 aromatic rings. The van der Waals surface area contributed by atoms with Crippen LogP contribution in [0.15, 0.2) is 42.5 Å². The van der Waals surface area contributed by atoms with Crippen molar-refractivity contribution in [1.82, 2.24) is 9.80 Å². The lowest BCUT2D eigenvalue weighted by molar-refractivity contribution is -0.132. The van der Waals surface area contributed by atoms with E-state index in [1.807, 2.05) is 23.1 Å². The third kappa shape index (κ3) is 4.98. The van der Waals surface area contributed by atoms with Crippen LogP contribution in [0.25, 0.3) is 0 Å². The molecule has 0 aromatic heterocycles. The van der Waals surface area contributed by atoms with Gasteiger partial charge in [-0.1, -0.05) is 12.1 Å². The molecule has 0 atom stereocenters. The molecule has 1 fully saturated rings. The Balaban J connectivity index is 1.54. The number of ether oxygens (including phenoxy) is 2. The Bertz CT molecular complexity index is 771. The summed E-state index contributed by atoms with van der Waals surface area (Å²) in [7, 11) is 3.31. The van der Waals surface area contributed by atoms with Gasteiger partial charge in [-0.15, -0.1) is 0 Å². The number of halogens is 1. The molecule has 6 heteroatoms. The molecule has 0 unspecified atom stereocenters. The quantitative estimate of drug-likeness (QED) is 0.782. The van der Waals surface area contributed by atoms with Crippen molar-refractivity contribution >= 4 is 5.91 Å². The summed E-state index contributed by atoms with van der Waals surface area (Å²) in [4.78, 5) is 16.7. The molecule has 5 nitrogen and oxygen atoms in total. The number of hydrogen-bond acceptors (Lipinski definition) is 4. The van der Waals surface area contributed by atoms with Crippen LogP contribution in [0.5, 0.6) is 11.5 Å². The van der Waals surface area contributed by atoms with Crippen molar-refractivity contribution in [3.05, 3.63) is 59.4 Å². The Labute approximate surface area is 159 Å². The maximum atomic E-state index is 13.0. The lowest BCUT2D eigenvalue weighted by Crippen LogP contribution is -2.48. The number of amides is 1.